The van der Waals surface area contributed by atoms with Gasteiger partial charge in [0, 0.05) is 42.3 Å². The standard InChI is InChI=1S/C29H29ClN4O2Si/c1-33-18-31-17-26(33)29(36,20-9-11-22(30)12-10-20)21-14-25-24(15-27(35)34(2)28(25)32-16-21)19-7-6-8-23(13-19)37(3,4)5/h6-18,36H,1-5H3. The molecule has 188 valence electrons. The number of rotatable bonds is 5. The summed E-state index contributed by atoms with van der Waals surface area (Å²) in [6.07, 6.45) is 4.94. The maximum atomic E-state index is 12.9. The minimum absolute atomic E-state index is 0.138. The molecule has 0 spiro atoms. The molecule has 0 aliphatic heterocycles. The van der Waals surface area contributed by atoms with Gasteiger partial charge in [-0.05, 0) is 34.9 Å². The van der Waals surface area contributed by atoms with E-state index in [-0.39, 0.29) is 5.56 Å². The van der Waals surface area contributed by atoms with Crippen LogP contribution in [0, 0.1) is 0 Å². The molecule has 0 radical (unpaired) electrons. The van der Waals surface area contributed by atoms with Gasteiger partial charge in [-0.15, -0.1) is 0 Å². The topological polar surface area (TPSA) is 72.9 Å². The van der Waals surface area contributed by atoms with Gasteiger partial charge in [-0.2, -0.15) is 0 Å². The fourth-order valence-corrected chi connectivity index (χ4v) is 6.09. The zero-order valence-electron chi connectivity index (χ0n) is 21.5. The Labute approximate surface area is 221 Å². The van der Waals surface area contributed by atoms with Gasteiger partial charge >= 0.3 is 0 Å². The molecule has 0 saturated carbocycles. The number of aliphatic hydroxyl groups is 1. The molecule has 5 rings (SSSR count). The lowest BCUT2D eigenvalue weighted by Crippen LogP contribution is -2.37. The quantitative estimate of drug-likeness (QED) is 0.332. The Bertz CT molecular complexity index is 1690. The van der Waals surface area contributed by atoms with Gasteiger partial charge in [-0.1, -0.05) is 72.8 Å². The van der Waals surface area contributed by atoms with Crippen LogP contribution in [0.3, 0.4) is 0 Å². The highest BCUT2D eigenvalue weighted by molar-refractivity contribution is 6.88. The van der Waals surface area contributed by atoms with Crippen molar-refractivity contribution in [2.24, 2.45) is 14.1 Å². The summed E-state index contributed by atoms with van der Waals surface area (Å²) in [6.45, 7) is 6.90. The highest BCUT2D eigenvalue weighted by Crippen LogP contribution is 2.38. The van der Waals surface area contributed by atoms with E-state index in [1.807, 2.05) is 25.2 Å². The number of fused-ring (bicyclic) bond motifs is 1. The third-order valence-corrected chi connectivity index (χ3v) is 9.27. The van der Waals surface area contributed by atoms with Crippen molar-refractivity contribution in [3.63, 3.8) is 0 Å². The van der Waals surface area contributed by atoms with Crippen LogP contribution in [0.15, 0.2) is 84.2 Å². The number of hydrogen-bond acceptors (Lipinski definition) is 4. The average Bonchev–Trinajstić information content (AvgIpc) is 3.31. The molecule has 2 aromatic carbocycles. The normalized spacial score (nSPS) is 13.6. The van der Waals surface area contributed by atoms with Gasteiger partial charge in [-0.25, -0.2) is 9.97 Å². The molecule has 1 N–H and O–H groups in total. The van der Waals surface area contributed by atoms with Crippen molar-refractivity contribution in [1.82, 2.24) is 19.1 Å². The molecule has 0 saturated heterocycles. The van der Waals surface area contributed by atoms with Crippen LogP contribution in [0.25, 0.3) is 22.2 Å². The lowest BCUT2D eigenvalue weighted by molar-refractivity contribution is 0.117. The van der Waals surface area contributed by atoms with Gasteiger partial charge in [-0.3, -0.25) is 9.36 Å². The largest absolute Gasteiger partial charge is 0.374 e. The average molecular weight is 529 g/mol. The van der Waals surface area contributed by atoms with E-state index < -0.39 is 13.7 Å². The van der Waals surface area contributed by atoms with Crippen LogP contribution in [0.2, 0.25) is 24.7 Å². The first kappa shape index (κ1) is 25.1. The fourth-order valence-electron chi connectivity index (χ4n) is 4.77. The smallest absolute Gasteiger partial charge is 0.252 e. The summed E-state index contributed by atoms with van der Waals surface area (Å²) >= 11 is 6.17. The molecule has 0 amide bonds. The van der Waals surface area contributed by atoms with Crippen LogP contribution in [0.1, 0.15) is 16.8 Å². The molecule has 3 heterocycles. The summed E-state index contributed by atoms with van der Waals surface area (Å²) in [6, 6.07) is 19.1. The van der Waals surface area contributed by atoms with E-state index in [2.05, 4.69) is 36.8 Å². The molecule has 0 aliphatic rings. The number of aryl methyl sites for hydroxylation is 2. The van der Waals surface area contributed by atoms with E-state index in [0.29, 0.717) is 27.5 Å². The second-order valence-corrected chi connectivity index (χ2v) is 16.0. The molecular weight excluding hydrogens is 500 g/mol. The highest BCUT2D eigenvalue weighted by Gasteiger charge is 2.37. The Morgan fingerprint density at radius 3 is 2.32 bits per heavy atom. The summed E-state index contributed by atoms with van der Waals surface area (Å²) in [5.41, 5.74) is 2.38. The first-order valence-electron chi connectivity index (χ1n) is 12.1. The van der Waals surface area contributed by atoms with Gasteiger partial charge in [0.05, 0.1) is 26.3 Å². The summed E-state index contributed by atoms with van der Waals surface area (Å²) in [4.78, 5) is 21.9. The Morgan fingerprint density at radius 2 is 1.68 bits per heavy atom. The number of imidazole rings is 1. The summed E-state index contributed by atoms with van der Waals surface area (Å²) in [5.74, 6) is 0. The van der Waals surface area contributed by atoms with Gasteiger partial charge in [0.15, 0.2) is 5.60 Å². The minimum atomic E-state index is -1.58. The summed E-state index contributed by atoms with van der Waals surface area (Å²) in [7, 11) is 1.98. The van der Waals surface area contributed by atoms with Crippen LogP contribution >= 0.6 is 11.6 Å². The molecule has 0 fully saturated rings. The minimum Gasteiger partial charge on any atom is -0.374 e. The first-order valence-corrected chi connectivity index (χ1v) is 15.9. The van der Waals surface area contributed by atoms with Crippen molar-refractivity contribution < 1.29 is 5.11 Å². The number of hydrogen-bond donors (Lipinski definition) is 1. The van der Waals surface area contributed by atoms with E-state index in [1.165, 1.54) is 9.75 Å². The zero-order chi connectivity index (χ0) is 26.5. The SMILES string of the molecule is Cn1cncc1C(O)(c1ccc(Cl)cc1)c1cnc2c(c1)c(-c1cccc([Si](C)(C)C)c1)cc(=O)n2C. The lowest BCUT2D eigenvalue weighted by atomic mass is 9.83. The Morgan fingerprint density at radius 1 is 0.946 bits per heavy atom. The van der Waals surface area contributed by atoms with E-state index in [1.54, 1.807) is 60.7 Å². The predicted octanol–water partition coefficient (Wildman–Crippen LogP) is 4.82. The Balaban J connectivity index is 1.82. The van der Waals surface area contributed by atoms with E-state index >= 15 is 0 Å². The van der Waals surface area contributed by atoms with Gasteiger partial charge in [0.25, 0.3) is 5.56 Å². The second-order valence-electron chi connectivity index (χ2n) is 10.5. The molecular formula is C29H29ClN4O2Si. The Hall–Kier alpha value is -3.52. The summed E-state index contributed by atoms with van der Waals surface area (Å²) < 4.78 is 3.33. The van der Waals surface area contributed by atoms with Crippen LogP contribution in [0.4, 0.5) is 0 Å². The fraction of sp³-hybridized carbons (Fsp3) is 0.207. The van der Waals surface area contributed by atoms with Crippen molar-refractivity contribution in [3.05, 3.63) is 112 Å². The molecule has 1 unspecified atom stereocenters. The highest BCUT2D eigenvalue weighted by atomic mass is 35.5. The lowest BCUT2D eigenvalue weighted by Gasteiger charge is -2.30. The van der Waals surface area contributed by atoms with Gasteiger partial charge < -0.3 is 9.67 Å². The maximum Gasteiger partial charge on any atom is 0.252 e. The summed E-state index contributed by atoms with van der Waals surface area (Å²) in [5, 5.41) is 15.0. The number of aromatic nitrogens is 4. The molecule has 0 bridgehead atoms. The molecule has 8 heteroatoms. The number of halogens is 1. The number of pyridine rings is 2. The van der Waals surface area contributed by atoms with Crippen molar-refractivity contribution in [1.29, 1.82) is 0 Å². The molecule has 5 aromatic rings. The van der Waals surface area contributed by atoms with Crippen LogP contribution in [-0.2, 0) is 19.7 Å². The predicted molar refractivity (Wildman–Crippen MR) is 152 cm³/mol. The number of nitrogens with zero attached hydrogens (tertiary/aromatic N) is 4. The zero-order valence-corrected chi connectivity index (χ0v) is 23.3. The van der Waals surface area contributed by atoms with Crippen LogP contribution in [0.5, 0.6) is 0 Å². The van der Waals surface area contributed by atoms with Gasteiger partial charge in [0.1, 0.15) is 5.65 Å². The van der Waals surface area contributed by atoms with Crippen LogP contribution < -0.4 is 10.7 Å². The molecule has 0 aliphatic carbocycles. The third-order valence-electron chi connectivity index (χ3n) is 6.98. The Kier molecular flexibility index (Phi) is 6.18. The molecule has 6 nitrogen and oxygen atoms in total. The van der Waals surface area contributed by atoms with Crippen molar-refractivity contribution in [2.45, 2.75) is 25.2 Å². The van der Waals surface area contributed by atoms with Gasteiger partial charge in [0.2, 0.25) is 0 Å². The van der Waals surface area contributed by atoms with E-state index in [0.717, 1.165) is 16.5 Å². The van der Waals surface area contributed by atoms with E-state index in [9.17, 15) is 9.90 Å². The maximum absolute atomic E-state index is 12.9. The molecule has 37 heavy (non-hydrogen) atoms. The second kappa shape index (κ2) is 9.10. The number of benzene rings is 2. The van der Waals surface area contributed by atoms with Crippen molar-refractivity contribution in [3.8, 4) is 11.1 Å². The van der Waals surface area contributed by atoms with E-state index in [4.69, 9.17) is 16.6 Å². The first-order chi connectivity index (χ1) is 17.5. The third kappa shape index (κ3) is 4.33. The molecule has 3 aromatic heterocycles. The molecule has 1 atom stereocenters. The van der Waals surface area contributed by atoms with Crippen LogP contribution in [-0.4, -0.2) is 32.3 Å². The van der Waals surface area contributed by atoms with Crippen molar-refractivity contribution in [2.75, 3.05) is 0 Å². The van der Waals surface area contributed by atoms with Crippen molar-refractivity contribution >= 4 is 35.9 Å². The monoisotopic (exact) mass is 528 g/mol.